The van der Waals surface area contributed by atoms with Crippen molar-refractivity contribution in [1.82, 2.24) is 0 Å². The second kappa shape index (κ2) is 9.62. The van der Waals surface area contributed by atoms with Crippen molar-refractivity contribution >= 4 is 5.71 Å². The Kier molecular flexibility index (Phi) is 5.87. The van der Waals surface area contributed by atoms with E-state index in [1.807, 2.05) is 24.3 Å². The summed E-state index contributed by atoms with van der Waals surface area (Å²) in [6.45, 7) is 0. The molecule has 0 atom stereocenters. The summed E-state index contributed by atoms with van der Waals surface area (Å²) in [5.74, 6) is 0. The normalized spacial score (nSPS) is 12.6. The maximum absolute atomic E-state index is 10.3. The summed E-state index contributed by atoms with van der Waals surface area (Å²) < 4.78 is 0. The summed E-state index contributed by atoms with van der Waals surface area (Å²) in [5.41, 5.74) is 22.5. The van der Waals surface area contributed by atoms with Gasteiger partial charge in [-0.05, 0) is 82.0 Å². The van der Waals surface area contributed by atoms with E-state index in [1.165, 1.54) is 33.4 Å². The van der Waals surface area contributed by atoms with Gasteiger partial charge in [-0.25, -0.2) is 0 Å². The lowest BCUT2D eigenvalue weighted by molar-refractivity contribution is -0.00275. The van der Waals surface area contributed by atoms with Gasteiger partial charge in [0.1, 0.15) is 0 Å². The largest absolute Gasteiger partial charge is 0.361 e. The lowest BCUT2D eigenvalue weighted by atomic mass is 9.89. The minimum atomic E-state index is 0.590. The molecule has 0 aliphatic heterocycles. The first kappa shape index (κ1) is 22.0. The van der Waals surface area contributed by atoms with E-state index < -0.39 is 0 Å². The van der Waals surface area contributed by atoms with Gasteiger partial charge >= 0.3 is 5.71 Å². The Labute approximate surface area is 212 Å². The Bertz CT molecular complexity index is 1610. The lowest BCUT2D eigenvalue weighted by Crippen LogP contribution is -2.09. The van der Waals surface area contributed by atoms with Gasteiger partial charge in [0.2, 0.25) is 0 Å². The summed E-state index contributed by atoms with van der Waals surface area (Å²) >= 11 is 0. The van der Waals surface area contributed by atoms with Crippen LogP contribution in [0.25, 0.3) is 16.7 Å². The van der Waals surface area contributed by atoms with Crippen LogP contribution in [0.5, 0.6) is 0 Å². The number of fused-ring (bicyclic) bond motifs is 8. The molecule has 0 radical (unpaired) electrons. The van der Waals surface area contributed by atoms with Gasteiger partial charge < -0.3 is 5.53 Å². The topological polar surface area (TPSA) is 36.4 Å². The zero-order chi connectivity index (χ0) is 24.3. The van der Waals surface area contributed by atoms with Crippen molar-refractivity contribution in [3.05, 3.63) is 171 Å². The highest BCUT2D eigenvalue weighted by Gasteiger charge is 2.21. The molecule has 5 aromatic carbocycles. The molecule has 36 heavy (non-hydrogen) atoms. The number of nitrogens with zero attached hydrogens (tertiary/aromatic N) is 2. The minimum Gasteiger partial charge on any atom is -0.361 e. The Morgan fingerprint density at radius 3 is 1.50 bits per heavy atom. The average Bonchev–Trinajstić information content (AvgIpc) is 2.90. The Morgan fingerprint density at radius 2 is 0.917 bits per heavy atom. The summed E-state index contributed by atoms with van der Waals surface area (Å²) in [6.07, 6.45) is 2.56. The summed E-state index contributed by atoms with van der Waals surface area (Å²) in [4.78, 5) is 3.85. The molecule has 0 saturated heterocycles. The molecule has 1 aliphatic rings. The molecular formula is C34H26N2. The Balaban J connectivity index is 1.56. The first-order chi connectivity index (χ1) is 17.7. The fourth-order valence-electron chi connectivity index (χ4n) is 5.27. The van der Waals surface area contributed by atoms with E-state index in [0.29, 0.717) is 5.71 Å². The Hall–Kier alpha value is -4.52. The van der Waals surface area contributed by atoms with Crippen molar-refractivity contribution in [1.29, 1.82) is 0 Å². The molecule has 0 heterocycles. The molecule has 0 spiro atoms. The van der Waals surface area contributed by atoms with Gasteiger partial charge in [-0.2, -0.15) is 4.79 Å². The molecule has 0 amide bonds. The smallest absolute Gasteiger partial charge is 0.330 e. The van der Waals surface area contributed by atoms with Gasteiger partial charge in [-0.15, -0.1) is 0 Å². The number of hydrogen-bond acceptors (Lipinski definition) is 0. The summed E-state index contributed by atoms with van der Waals surface area (Å²) in [5, 5.41) is 0. The molecular weight excluding hydrogens is 436 g/mol. The first-order valence-corrected chi connectivity index (χ1v) is 12.4. The predicted octanol–water partition coefficient (Wildman–Crippen LogP) is 7.51. The lowest BCUT2D eigenvalue weighted by Gasteiger charge is -2.13. The molecule has 0 N–H and O–H groups in total. The van der Waals surface area contributed by atoms with Crippen molar-refractivity contribution in [3.63, 3.8) is 0 Å². The SMILES string of the molecule is [N-]=[N+]=C1c2cccc(c2)Cc2cccc(c2)Cc2cccc(c2)Cc2ccc(-c3ccccc3)c1c2. The van der Waals surface area contributed by atoms with Crippen LogP contribution < -0.4 is 0 Å². The summed E-state index contributed by atoms with van der Waals surface area (Å²) in [7, 11) is 0. The first-order valence-electron chi connectivity index (χ1n) is 12.4. The Morgan fingerprint density at radius 1 is 0.417 bits per heavy atom. The fraction of sp³-hybridized carbons (Fsp3) is 0.0882. The third-order valence-electron chi connectivity index (χ3n) is 6.93. The van der Waals surface area contributed by atoms with Crippen molar-refractivity contribution in [2.45, 2.75) is 19.3 Å². The van der Waals surface area contributed by atoms with E-state index >= 15 is 0 Å². The molecule has 0 unspecified atom stereocenters. The third kappa shape index (κ3) is 4.55. The molecule has 0 fully saturated rings. The van der Waals surface area contributed by atoms with Crippen LogP contribution in [0, 0.1) is 0 Å². The monoisotopic (exact) mass is 462 g/mol. The van der Waals surface area contributed by atoms with E-state index in [0.717, 1.165) is 41.5 Å². The number of hydrogen-bond donors (Lipinski definition) is 0. The quantitative estimate of drug-likeness (QED) is 0.179. The second-order valence-electron chi connectivity index (χ2n) is 9.57. The highest BCUT2D eigenvalue weighted by atomic mass is 14.9. The van der Waals surface area contributed by atoms with Gasteiger partial charge in [0.15, 0.2) is 0 Å². The number of benzene rings is 5. The van der Waals surface area contributed by atoms with Gasteiger partial charge in [0, 0.05) is 0 Å². The van der Waals surface area contributed by atoms with Crippen LogP contribution in [0.2, 0.25) is 0 Å². The van der Waals surface area contributed by atoms with Gasteiger partial charge in [0.25, 0.3) is 0 Å². The molecule has 1 aliphatic carbocycles. The van der Waals surface area contributed by atoms with Gasteiger partial charge in [-0.1, -0.05) is 103 Å². The van der Waals surface area contributed by atoms with Gasteiger partial charge in [-0.3, -0.25) is 0 Å². The molecule has 8 bridgehead atoms. The number of rotatable bonds is 1. The minimum absolute atomic E-state index is 0.590. The molecule has 2 heteroatoms. The maximum atomic E-state index is 10.3. The van der Waals surface area contributed by atoms with Crippen LogP contribution in [0.15, 0.2) is 121 Å². The second-order valence-corrected chi connectivity index (χ2v) is 9.57. The van der Waals surface area contributed by atoms with Crippen molar-refractivity contribution in [2.24, 2.45) is 0 Å². The van der Waals surface area contributed by atoms with E-state index in [4.69, 9.17) is 0 Å². The predicted molar refractivity (Wildman–Crippen MR) is 146 cm³/mol. The van der Waals surface area contributed by atoms with Crippen LogP contribution >= 0.6 is 0 Å². The zero-order valence-electron chi connectivity index (χ0n) is 20.1. The summed E-state index contributed by atoms with van der Waals surface area (Å²) in [6, 6.07) is 43.0. The zero-order valence-corrected chi connectivity index (χ0v) is 20.1. The van der Waals surface area contributed by atoms with Crippen LogP contribution in [0.4, 0.5) is 0 Å². The maximum Gasteiger partial charge on any atom is 0.330 e. The van der Waals surface area contributed by atoms with E-state index in [9.17, 15) is 5.53 Å². The fourth-order valence-corrected chi connectivity index (χ4v) is 5.27. The van der Waals surface area contributed by atoms with Gasteiger partial charge in [0.05, 0.1) is 11.1 Å². The van der Waals surface area contributed by atoms with Crippen molar-refractivity contribution in [2.75, 3.05) is 0 Å². The van der Waals surface area contributed by atoms with Crippen molar-refractivity contribution < 1.29 is 4.79 Å². The molecule has 6 rings (SSSR count). The molecule has 0 saturated carbocycles. The van der Waals surface area contributed by atoms with Crippen molar-refractivity contribution in [3.8, 4) is 11.1 Å². The van der Waals surface area contributed by atoms with Crippen LogP contribution in [0.3, 0.4) is 0 Å². The van der Waals surface area contributed by atoms with Crippen LogP contribution in [-0.2, 0) is 19.3 Å². The highest BCUT2D eigenvalue weighted by Crippen LogP contribution is 2.29. The molecule has 172 valence electrons. The average molecular weight is 463 g/mol. The van der Waals surface area contributed by atoms with E-state index in [2.05, 4.69) is 102 Å². The highest BCUT2D eigenvalue weighted by molar-refractivity contribution is 6.13. The van der Waals surface area contributed by atoms with Crippen LogP contribution in [-0.4, -0.2) is 10.5 Å². The standard InChI is InChI=1S/C34H26N2/c35-36-34-31-14-6-11-28(22-31)20-26-9-4-7-24(18-26)17-25-8-5-10-27(19-25)21-29-15-16-32(33(34)23-29)30-12-2-1-3-13-30/h1-16,18-19,22-23H,17,20-21H2. The molecule has 2 nitrogen and oxygen atoms in total. The van der Waals surface area contributed by atoms with E-state index in [-0.39, 0.29) is 0 Å². The third-order valence-corrected chi connectivity index (χ3v) is 6.93. The van der Waals surface area contributed by atoms with E-state index in [1.54, 1.807) is 0 Å². The van der Waals surface area contributed by atoms with Crippen LogP contribution in [0.1, 0.15) is 44.5 Å². The molecule has 5 aromatic rings. The molecule has 0 aromatic heterocycles.